The minimum Gasteiger partial charge on any atom is -0.497 e. The zero-order chi connectivity index (χ0) is 20.8. The molecule has 1 N–H and O–H groups in total. The molecule has 3 heterocycles. The summed E-state index contributed by atoms with van der Waals surface area (Å²) in [4.78, 5) is 18.6. The quantitative estimate of drug-likeness (QED) is 0.554. The van der Waals surface area contributed by atoms with E-state index in [-0.39, 0.29) is 11.9 Å². The number of carbonyl (C=O) groups excluding carboxylic acids is 1. The van der Waals surface area contributed by atoms with Crippen LogP contribution in [-0.4, -0.2) is 45.3 Å². The van der Waals surface area contributed by atoms with Gasteiger partial charge in [-0.2, -0.15) is 5.10 Å². The Kier molecular flexibility index (Phi) is 6.39. The molecule has 0 saturated carbocycles. The number of nitrogens with one attached hydrogen (secondary N) is 1. The molecule has 7 nitrogen and oxygen atoms in total. The molecule has 0 radical (unpaired) electrons. The second-order valence-electron chi connectivity index (χ2n) is 7.54. The predicted molar refractivity (Wildman–Crippen MR) is 114 cm³/mol. The van der Waals surface area contributed by atoms with Crippen LogP contribution in [0.2, 0.25) is 0 Å². The molecule has 1 atom stereocenters. The average molecular weight is 406 g/mol. The zero-order valence-corrected chi connectivity index (χ0v) is 17.2. The van der Waals surface area contributed by atoms with Crippen LogP contribution in [0.3, 0.4) is 0 Å². The Hall–Kier alpha value is -3.19. The van der Waals surface area contributed by atoms with Crippen molar-refractivity contribution in [1.29, 1.82) is 0 Å². The molecule has 1 aliphatic heterocycles. The summed E-state index contributed by atoms with van der Waals surface area (Å²) in [5, 5.41) is 7.93. The molecule has 30 heavy (non-hydrogen) atoms. The fraction of sp³-hybridized carbons (Fsp3) is 0.348. The van der Waals surface area contributed by atoms with Gasteiger partial charge in [0.1, 0.15) is 5.75 Å². The van der Waals surface area contributed by atoms with Gasteiger partial charge in [0.2, 0.25) is 5.91 Å². The molecule has 3 aromatic rings. The third kappa shape index (κ3) is 4.86. The molecule has 156 valence electrons. The normalized spacial score (nSPS) is 16.2. The first-order valence-electron chi connectivity index (χ1n) is 10.3. The molecule has 0 bridgehead atoms. The smallest absolute Gasteiger partial charge is 0.223 e. The lowest BCUT2D eigenvalue weighted by Crippen LogP contribution is -2.34. The first kappa shape index (κ1) is 20.1. The van der Waals surface area contributed by atoms with Crippen LogP contribution in [-0.2, 0) is 17.9 Å². The molecule has 0 spiro atoms. The summed E-state index contributed by atoms with van der Waals surface area (Å²) >= 11 is 0. The fourth-order valence-electron chi connectivity index (χ4n) is 3.85. The third-order valence-corrected chi connectivity index (χ3v) is 5.47. The highest BCUT2D eigenvalue weighted by Crippen LogP contribution is 2.24. The molecular weight excluding hydrogens is 378 g/mol. The Morgan fingerprint density at radius 3 is 2.97 bits per heavy atom. The number of ether oxygens (including phenoxy) is 1. The van der Waals surface area contributed by atoms with Crippen molar-refractivity contribution in [3.05, 3.63) is 72.3 Å². The summed E-state index contributed by atoms with van der Waals surface area (Å²) in [6.45, 7) is 2.25. The average Bonchev–Trinajstić information content (AvgIpc) is 3.40. The van der Waals surface area contributed by atoms with Gasteiger partial charge in [0.15, 0.2) is 0 Å². The topological polar surface area (TPSA) is 72.3 Å². The molecule has 1 fully saturated rings. The maximum Gasteiger partial charge on any atom is 0.223 e. The van der Waals surface area contributed by atoms with E-state index in [0.717, 1.165) is 42.9 Å². The van der Waals surface area contributed by atoms with Crippen LogP contribution in [0.4, 0.5) is 0 Å². The van der Waals surface area contributed by atoms with Crippen LogP contribution in [0.15, 0.2) is 61.2 Å². The number of likely N-dealkylation sites (tertiary alicyclic amines) is 1. The van der Waals surface area contributed by atoms with E-state index in [1.807, 2.05) is 58.5 Å². The summed E-state index contributed by atoms with van der Waals surface area (Å²) in [6, 6.07) is 12.0. The van der Waals surface area contributed by atoms with Gasteiger partial charge >= 0.3 is 0 Å². The summed E-state index contributed by atoms with van der Waals surface area (Å²) in [5.41, 5.74) is 3.13. The molecule has 0 aliphatic carbocycles. The Bertz CT molecular complexity index is 972. The van der Waals surface area contributed by atoms with Crippen LogP contribution in [0.25, 0.3) is 5.69 Å². The van der Waals surface area contributed by atoms with E-state index in [9.17, 15) is 4.79 Å². The van der Waals surface area contributed by atoms with Gasteiger partial charge in [0.05, 0.1) is 19.0 Å². The van der Waals surface area contributed by atoms with Crippen molar-refractivity contribution in [3.63, 3.8) is 0 Å². The number of amides is 1. The summed E-state index contributed by atoms with van der Waals surface area (Å²) < 4.78 is 7.11. The maximum absolute atomic E-state index is 12.5. The van der Waals surface area contributed by atoms with Gasteiger partial charge in [-0.05, 0) is 43.1 Å². The maximum atomic E-state index is 12.5. The van der Waals surface area contributed by atoms with Gasteiger partial charge < -0.3 is 15.0 Å². The SMILES string of the molecule is COc1cccc(-n2cc(CN3C(=O)CCC3CCNCc3cccnc3)cn2)c1. The third-order valence-electron chi connectivity index (χ3n) is 5.47. The molecular formula is C23H27N5O2. The van der Waals surface area contributed by atoms with Gasteiger partial charge in [-0.1, -0.05) is 12.1 Å². The number of methoxy groups -OCH3 is 1. The Morgan fingerprint density at radius 2 is 2.13 bits per heavy atom. The highest BCUT2D eigenvalue weighted by atomic mass is 16.5. The number of nitrogens with zero attached hydrogens (tertiary/aromatic N) is 4. The Labute approximate surface area is 176 Å². The van der Waals surface area contributed by atoms with Crippen molar-refractivity contribution < 1.29 is 9.53 Å². The van der Waals surface area contributed by atoms with Gasteiger partial charge in [-0.25, -0.2) is 4.68 Å². The molecule has 1 aliphatic rings. The number of hydrogen-bond acceptors (Lipinski definition) is 5. The lowest BCUT2D eigenvalue weighted by atomic mass is 10.1. The molecule has 1 aromatic carbocycles. The van der Waals surface area contributed by atoms with Crippen molar-refractivity contribution in [3.8, 4) is 11.4 Å². The first-order valence-corrected chi connectivity index (χ1v) is 10.3. The molecule has 1 amide bonds. The fourth-order valence-corrected chi connectivity index (χ4v) is 3.85. The van der Waals surface area contributed by atoms with Crippen molar-refractivity contribution >= 4 is 5.91 Å². The number of benzene rings is 1. The minimum absolute atomic E-state index is 0.224. The lowest BCUT2D eigenvalue weighted by Gasteiger charge is -2.24. The Balaban J connectivity index is 1.33. The number of hydrogen-bond donors (Lipinski definition) is 1. The van der Waals surface area contributed by atoms with E-state index >= 15 is 0 Å². The second-order valence-corrected chi connectivity index (χ2v) is 7.54. The molecule has 2 aromatic heterocycles. The van der Waals surface area contributed by atoms with Crippen LogP contribution < -0.4 is 10.1 Å². The minimum atomic E-state index is 0.224. The van der Waals surface area contributed by atoms with Gasteiger partial charge in [0, 0.05) is 55.8 Å². The van der Waals surface area contributed by atoms with Gasteiger partial charge in [0.25, 0.3) is 0 Å². The van der Waals surface area contributed by atoms with E-state index in [0.29, 0.717) is 13.0 Å². The number of carbonyl (C=O) groups is 1. The number of aromatic nitrogens is 3. The summed E-state index contributed by atoms with van der Waals surface area (Å²) in [7, 11) is 1.65. The first-order chi connectivity index (χ1) is 14.7. The van der Waals surface area contributed by atoms with Crippen molar-refractivity contribution in [1.82, 2.24) is 25.0 Å². The second kappa shape index (κ2) is 9.54. The lowest BCUT2D eigenvalue weighted by molar-refractivity contribution is -0.129. The van der Waals surface area contributed by atoms with Gasteiger partial charge in [-0.15, -0.1) is 0 Å². The van der Waals surface area contributed by atoms with E-state index < -0.39 is 0 Å². The number of rotatable bonds is 9. The van der Waals surface area contributed by atoms with Gasteiger partial charge in [-0.3, -0.25) is 9.78 Å². The molecule has 1 unspecified atom stereocenters. The van der Waals surface area contributed by atoms with E-state index in [4.69, 9.17) is 4.74 Å². The Morgan fingerprint density at radius 1 is 1.20 bits per heavy atom. The monoisotopic (exact) mass is 405 g/mol. The molecule has 1 saturated heterocycles. The highest BCUT2D eigenvalue weighted by Gasteiger charge is 2.30. The van der Waals surface area contributed by atoms with E-state index in [2.05, 4.69) is 21.5 Å². The van der Waals surface area contributed by atoms with Crippen molar-refractivity contribution in [2.24, 2.45) is 0 Å². The van der Waals surface area contributed by atoms with Crippen LogP contribution in [0, 0.1) is 0 Å². The predicted octanol–water partition coefficient (Wildman–Crippen LogP) is 2.95. The number of pyridine rings is 1. The largest absolute Gasteiger partial charge is 0.497 e. The summed E-state index contributed by atoms with van der Waals surface area (Å²) in [6.07, 6.45) is 9.95. The van der Waals surface area contributed by atoms with E-state index in [1.54, 1.807) is 13.3 Å². The summed E-state index contributed by atoms with van der Waals surface area (Å²) in [5.74, 6) is 1.01. The highest BCUT2D eigenvalue weighted by molar-refractivity contribution is 5.78. The van der Waals surface area contributed by atoms with Crippen molar-refractivity contribution in [2.75, 3.05) is 13.7 Å². The zero-order valence-electron chi connectivity index (χ0n) is 17.2. The van der Waals surface area contributed by atoms with Crippen LogP contribution in [0.1, 0.15) is 30.4 Å². The standard InChI is InChI=1S/C23H27N5O2/c1-30-22-6-2-5-21(12-22)28-17-19(15-26-28)16-27-20(7-8-23(27)29)9-11-25-14-18-4-3-10-24-13-18/h2-6,10,12-13,15,17,20,25H,7-9,11,14,16H2,1H3. The van der Waals surface area contributed by atoms with Crippen LogP contribution in [0.5, 0.6) is 5.75 Å². The van der Waals surface area contributed by atoms with Crippen LogP contribution >= 0.6 is 0 Å². The molecule has 7 heteroatoms. The van der Waals surface area contributed by atoms with Crippen molar-refractivity contribution in [2.45, 2.75) is 38.4 Å². The van der Waals surface area contributed by atoms with E-state index in [1.165, 1.54) is 5.56 Å². The molecule has 4 rings (SSSR count).